The Labute approximate surface area is 220 Å². The van der Waals surface area contributed by atoms with Crippen LogP contribution in [0, 0.1) is 0 Å². The van der Waals surface area contributed by atoms with Gasteiger partial charge in [0.05, 0.1) is 6.61 Å². The van der Waals surface area contributed by atoms with Crippen molar-refractivity contribution in [3.8, 4) is 5.75 Å². The summed E-state index contributed by atoms with van der Waals surface area (Å²) in [6, 6.07) is 14.8. The number of ketones is 1. The van der Waals surface area contributed by atoms with Gasteiger partial charge >= 0.3 is 11.9 Å². The predicted octanol–water partition coefficient (Wildman–Crippen LogP) is 4.65. The molecule has 0 fully saturated rings. The number of carboxylic acid groups (broad SMARTS) is 2. The normalized spacial score (nSPS) is 10.7. The summed E-state index contributed by atoms with van der Waals surface area (Å²) in [6.07, 6.45) is 6.50. The van der Waals surface area contributed by atoms with Gasteiger partial charge < -0.3 is 25.0 Å². The monoisotopic (exact) mass is 563 g/mol. The number of benzene rings is 2. The molecule has 0 spiro atoms. The molecule has 0 saturated heterocycles. The van der Waals surface area contributed by atoms with Gasteiger partial charge in [0.2, 0.25) is 0 Å². The average Bonchev–Trinajstić information content (AvgIpc) is 2.86. The van der Waals surface area contributed by atoms with E-state index in [2.05, 4.69) is 27.9 Å². The Hall–Kier alpha value is -3.01. The Kier molecular flexibility index (Phi) is 15.8. The maximum atomic E-state index is 12.5. The fraction of sp³-hybridized carbons (Fsp3) is 0.370. The van der Waals surface area contributed by atoms with E-state index < -0.39 is 11.9 Å². The highest BCUT2D eigenvalue weighted by Crippen LogP contribution is 2.18. The second kappa shape index (κ2) is 18.3. The second-order valence-electron chi connectivity index (χ2n) is 8.01. The Morgan fingerprint density at radius 3 is 1.83 bits per heavy atom. The predicted molar refractivity (Wildman–Crippen MR) is 142 cm³/mol. The zero-order valence-corrected chi connectivity index (χ0v) is 22.0. The fourth-order valence-electron chi connectivity index (χ4n) is 3.09. The van der Waals surface area contributed by atoms with Gasteiger partial charge in [0.25, 0.3) is 0 Å². The molecule has 0 amide bonds. The summed E-state index contributed by atoms with van der Waals surface area (Å²) in [5, 5.41) is 24.4. The van der Waals surface area contributed by atoms with Crippen LogP contribution in [-0.4, -0.2) is 71.3 Å². The summed E-state index contributed by atoms with van der Waals surface area (Å²) in [5.74, 6) is -1.70. The molecular formula is C27H34BrNO7. The standard InChI is InChI=1S/C23H30BrNO3.C4H4O4/c1-25(16-6-17-26)15-4-2-3-5-18-28-22-13-9-20(10-14-22)23(27)19-7-11-21(24)12-8-19;5-3(6)1-2-4(7)8/h7-14,26H,2-6,15-18H2,1H3;1-2H,(H,5,6)(H,7,8)/b;2-1+. The molecule has 0 aliphatic rings. The van der Waals surface area contributed by atoms with Gasteiger partial charge in [-0.05, 0) is 81.4 Å². The maximum absolute atomic E-state index is 12.5. The summed E-state index contributed by atoms with van der Waals surface area (Å²) in [5.41, 5.74) is 1.35. The molecule has 9 heteroatoms. The number of carbonyl (C=O) groups excluding carboxylic acids is 1. The third-order valence-electron chi connectivity index (χ3n) is 4.99. The number of halogens is 1. The Balaban J connectivity index is 0.000000697. The number of aliphatic hydroxyl groups excluding tert-OH is 1. The molecule has 2 rings (SSSR count). The molecule has 2 aromatic rings. The molecule has 0 bridgehead atoms. The minimum Gasteiger partial charge on any atom is -0.494 e. The van der Waals surface area contributed by atoms with Crippen LogP contribution in [0.1, 0.15) is 48.0 Å². The Morgan fingerprint density at radius 2 is 1.31 bits per heavy atom. The van der Waals surface area contributed by atoms with Crippen LogP contribution in [0.5, 0.6) is 5.75 Å². The van der Waals surface area contributed by atoms with Crippen LogP contribution in [0.3, 0.4) is 0 Å². The molecule has 0 unspecified atom stereocenters. The van der Waals surface area contributed by atoms with E-state index in [0.717, 1.165) is 42.6 Å². The third-order valence-corrected chi connectivity index (χ3v) is 5.52. The molecule has 0 aliphatic carbocycles. The van der Waals surface area contributed by atoms with Crippen molar-refractivity contribution in [1.29, 1.82) is 0 Å². The number of aliphatic carboxylic acids is 2. The molecule has 0 saturated carbocycles. The van der Waals surface area contributed by atoms with Crippen molar-refractivity contribution in [2.24, 2.45) is 0 Å². The van der Waals surface area contributed by atoms with E-state index in [9.17, 15) is 14.4 Å². The molecular weight excluding hydrogens is 530 g/mol. The van der Waals surface area contributed by atoms with E-state index in [0.29, 0.717) is 29.9 Å². The third kappa shape index (κ3) is 14.4. The molecule has 0 radical (unpaired) electrons. The number of hydrogen-bond acceptors (Lipinski definition) is 6. The molecule has 0 heterocycles. The molecule has 36 heavy (non-hydrogen) atoms. The van der Waals surface area contributed by atoms with Gasteiger partial charge in [-0.1, -0.05) is 28.8 Å². The van der Waals surface area contributed by atoms with E-state index in [1.165, 1.54) is 12.8 Å². The first-order chi connectivity index (χ1) is 17.2. The van der Waals surface area contributed by atoms with Gasteiger partial charge in [0, 0.05) is 40.9 Å². The number of nitrogens with zero attached hydrogens (tertiary/aromatic N) is 1. The molecule has 2 aromatic carbocycles. The summed E-state index contributed by atoms with van der Waals surface area (Å²) in [6.45, 7) is 3.00. The summed E-state index contributed by atoms with van der Waals surface area (Å²) < 4.78 is 6.75. The highest BCUT2D eigenvalue weighted by molar-refractivity contribution is 9.10. The van der Waals surface area contributed by atoms with Crippen LogP contribution in [0.25, 0.3) is 0 Å². The van der Waals surface area contributed by atoms with Crippen molar-refractivity contribution in [1.82, 2.24) is 4.90 Å². The SMILES string of the molecule is CN(CCCO)CCCCCCOc1ccc(C(=O)c2ccc(Br)cc2)cc1.O=C(O)/C=C/C(=O)O. The fourth-order valence-corrected chi connectivity index (χ4v) is 3.36. The van der Waals surface area contributed by atoms with E-state index in [1.807, 2.05) is 48.5 Å². The van der Waals surface area contributed by atoms with Crippen LogP contribution < -0.4 is 4.74 Å². The van der Waals surface area contributed by atoms with Crippen LogP contribution in [0.2, 0.25) is 0 Å². The minimum atomic E-state index is -1.26. The van der Waals surface area contributed by atoms with E-state index in [4.69, 9.17) is 20.1 Å². The number of unbranched alkanes of at least 4 members (excludes halogenated alkanes) is 3. The van der Waals surface area contributed by atoms with Crippen molar-refractivity contribution in [3.63, 3.8) is 0 Å². The van der Waals surface area contributed by atoms with Gasteiger partial charge in [0.1, 0.15) is 5.75 Å². The van der Waals surface area contributed by atoms with Gasteiger partial charge in [0.15, 0.2) is 5.78 Å². The smallest absolute Gasteiger partial charge is 0.328 e. The Morgan fingerprint density at radius 1 is 0.806 bits per heavy atom. The molecule has 0 aliphatic heterocycles. The molecule has 3 N–H and O–H groups in total. The molecule has 196 valence electrons. The Bertz CT molecular complexity index is 943. The topological polar surface area (TPSA) is 124 Å². The number of carboxylic acids is 2. The quantitative estimate of drug-likeness (QED) is 0.162. The highest BCUT2D eigenvalue weighted by Gasteiger charge is 2.09. The number of ether oxygens (including phenoxy) is 1. The molecule has 0 atom stereocenters. The lowest BCUT2D eigenvalue weighted by molar-refractivity contribution is -0.134. The summed E-state index contributed by atoms with van der Waals surface area (Å²) in [4.78, 5) is 33.8. The van der Waals surface area contributed by atoms with Crippen LogP contribution in [-0.2, 0) is 9.59 Å². The lowest BCUT2D eigenvalue weighted by Gasteiger charge is -2.15. The van der Waals surface area contributed by atoms with E-state index in [1.54, 1.807) is 0 Å². The summed E-state index contributed by atoms with van der Waals surface area (Å²) >= 11 is 3.38. The van der Waals surface area contributed by atoms with Gasteiger partial charge in [-0.15, -0.1) is 0 Å². The summed E-state index contributed by atoms with van der Waals surface area (Å²) in [7, 11) is 2.10. The first-order valence-electron chi connectivity index (χ1n) is 11.7. The molecule has 0 aromatic heterocycles. The maximum Gasteiger partial charge on any atom is 0.328 e. The van der Waals surface area contributed by atoms with E-state index in [-0.39, 0.29) is 12.4 Å². The first-order valence-corrected chi connectivity index (χ1v) is 12.5. The van der Waals surface area contributed by atoms with Gasteiger partial charge in [-0.3, -0.25) is 4.79 Å². The second-order valence-corrected chi connectivity index (χ2v) is 8.93. The number of rotatable bonds is 15. The zero-order valence-electron chi connectivity index (χ0n) is 20.4. The average molecular weight is 564 g/mol. The van der Waals surface area contributed by atoms with Crippen molar-refractivity contribution >= 4 is 33.7 Å². The minimum absolute atomic E-state index is 0.0167. The van der Waals surface area contributed by atoms with Gasteiger partial charge in [-0.2, -0.15) is 0 Å². The van der Waals surface area contributed by atoms with Crippen LogP contribution >= 0.6 is 15.9 Å². The number of carbonyl (C=O) groups is 3. The lowest BCUT2D eigenvalue weighted by atomic mass is 10.0. The first kappa shape index (κ1) is 31.0. The van der Waals surface area contributed by atoms with Gasteiger partial charge in [-0.25, -0.2) is 9.59 Å². The zero-order chi connectivity index (χ0) is 26.8. The highest BCUT2D eigenvalue weighted by atomic mass is 79.9. The largest absolute Gasteiger partial charge is 0.494 e. The number of hydrogen-bond donors (Lipinski definition) is 3. The van der Waals surface area contributed by atoms with Crippen LogP contribution in [0.4, 0.5) is 0 Å². The van der Waals surface area contributed by atoms with E-state index >= 15 is 0 Å². The van der Waals surface area contributed by atoms with Crippen molar-refractivity contribution in [2.45, 2.75) is 32.1 Å². The van der Waals surface area contributed by atoms with Crippen LogP contribution in [0.15, 0.2) is 65.2 Å². The molecule has 8 nitrogen and oxygen atoms in total. The number of aliphatic hydroxyl groups is 1. The lowest BCUT2D eigenvalue weighted by Crippen LogP contribution is -2.21. The van der Waals surface area contributed by atoms with Crippen molar-refractivity contribution in [3.05, 3.63) is 76.3 Å². The van der Waals surface area contributed by atoms with Crippen molar-refractivity contribution < 1.29 is 34.4 Å². The van der Waals surface area contributed by atoms with Crippen molar-refractivity contribution in [2.75, 3.05) is 33.4 Å².